The molecule has 2 aliphatic heterocycles. The second kappa shape index (κ2) is 7.98. The summed E-state index contributed by atoms with van der Waals surface area (Å²) in [7, 11) is 1.33. The molecule has 5 rings (SSSR count). The highest BCUT2D eigenvalue weighted by atomic mass is 19.3. The number of fused-ring (bicyclic) bond motifs is 1. The molecule has 174 valence electrons. The molecule has 1 aliphatic carbocycles. The summed E-state index contributed by atoms with van der Waals surface area (Å²) >= 11 is 0. The fraction of sp³-hybridized carbons (Fsp3) is 0.417. The van der Waals surface area contributed by atoms with Crippen LogP contribution in [0, 0.1) is 0 Å². The summed E-state index contributed by atoms with van der Waals surface area (Å²) in [6, 6.07) is 11.5. The fourth-order valence-corrected chi connectivity index (χ4v) is 4.49. The molecule has 2 aromatic carbocycles. The molecular formula is C24H23F2NO6. The lowest BCUT2D eigenvalue weighted by atomic mass is 9.92. The van der Waals surface area contributed by atoms with E-state index < -0.39 is 17.7 Å². The Kier molecular flexibility index (Phi) is 5.23. The summed E-state index contributed by atoms with van der Waals surface area (Å²) in [5.74, 6) is -0.661. The van der Waals surface area contributed by atoms with Gasteiger partial charge in [0.15, 0.2) is 11.5 Å². The molecule has 0 unspecified atom stereocenters. The van der Waals surface area contributed by atoms with Gasteiger partial charge in [0, 0.05) is 12.6 Å². The summed E-state index contributed by atoms with van der Waals surface area (Å²) in [5, 5.41) is 3.12. The van der Waals surface area contributed by atoms with E-state index in [4.69, 9.17) is 9.47 Å². The van der Waals surface area contributed by atoms with E-state index in [0.29, 0.717) is 43.4 Å². The van der Waals surface area contributed by atoms with Crippen LogP contribution < -0.4 is 14.8 Å². The number of esters is 1. The third kappa shape index (κ3) is 4.13. The molecular weight excluding hydrogens is 436 g/mol. The minimum atomic E-state index is -3.69. The summed E-state index contributed by atoms with van der Waals surface area (Å²) in [5.41, 5.74) is 1.16. The van der Waals surface area contributed by atoms with Crippen molar-refractivity contribution in [3.63, 3.8) is 0 Å². The largest absolute Gasteiger partial charge is 0.586 e. The smallest absolute Gasteiger partial charge is 0.465 e. The van der Waals surface area contributed by atoms with Crippen molar-refractivity contribution in [2.45, 2.75) is 49.5 Å². The number of hydrogen-bond donors (Lipinski definition) is 1. The van der Waals surface area contributed by atoms with Crippen LogP contribution in [0.5, 0.6) is 11.5 Å². The Morgan fingerprint density at radius 3 is 2.64 bits per heavy atom. The summed E-state index contributed by atoms with van der Waals surface area (Å²) < 4.78 is 46.4. The molecule has 0 spiro atoms. The zero-order valence-corrected chi connectivity index (χ0v) is 17.9. The molecule has 2 atom stereocenters. The van der Waals surface area contributed by atoms with Gasteiger partial charge in [-0.2, -0.15) is 0 Å². The fourth-order valence-electron chi connectivity index (χ4n) is 4.49. The van der Waals surface area contributed by atoms with Gasteiger partial charge in [0.25, 0.3) is 0 Å². The van der Waals surface area contributed by atoms with Gasteiger partial charge in [-0.15, -0.1) is 8.78 Å². The van der Waals surface area contributed by atoms with Gasteiger partial charge < -0.3 is 24.3 Å². The van der Waals surface area contributed by atoms with Crippen LogP contribution in [0.1, 0.15) is 53.3 Å². The van der Waals surface area contributed by atoms with Crippen LogP contribution >= 0.6 is 0 Å². The number of halogens is 2. The number of carbonyl (C=O) groups excluding carboxylic acids is 2. The topological polar surface area (TPSA) is 83.1 Å². The number of amides is 1. The number of hydrogen-bond acceptors (Lipinski definition) is 6. The summed E-state index contributed by atoms with van der Waals surface area (Å²) in [6.07, 6.45) is -1.49. The molecule has 2 heterocycles. The predicted molar refractivity (Wildman–Crippen MR) is 111 cm³/mol. The maximum atomic E-state index is 13.4. The minimum Gasteiger partial charge on any atom is -0.465 e. The van der Waals surface area contributed by atoms with Crippen molar-refractivity contribution >= 4 is 11.9 Å². The first-order valence-electron chi connectivity index (χ1n) is 10.8. The van der Waals surface area contributed by atoms with Gasteiger partial charge >= 0.3 is 12.3 Å². The summed E-state index contributed by atoms with van der Waals surface area (Å²) in [6.45, 7) is 0.462. The number of ether oxygens (including phenoxy) is 4. The second-order valence-corrected chi connectivity index (χ2v) is 8.58. The Hall–Kier alpha value is -3.20. The van der Waals surface area contributed by atoms with E-state index in [1.54, 1.807) is 24.3 Å². The number of methoxy groups -OCH3 is 1. The van der Waals surface area contributed by atoms with Crippen LogP contribution in [0.25, 0.3) is 0 Å². The van der Waals surface area contributed by atoms with Crippen LogP contribution in [0.4, 0.5) is 8.78 Å². The van der Waals surface area contributed by atoms with Crippen LogP contribution in [0.2, 0.25) is 0 Å². The second-order valence-electron chi connectivity index (χ2n) is 8.58. The quantitative estimate of drug-likeness (QED) is 0.684. The SMILES string of the molecule is COC(=O)c1cccc([C@@H]2C[C@H](NC(=O)C3(c4ccc5c(c4)OC(F)(F)O5)CC3)CCO2)c1. The lowest BCUT2D eigenvalue weighted by molar-refractivity contribution is -0.286. The molecule has 2 fully saturated rings. The number of carbonyl (C=O) groups is 2. The van der Waals surface area contributed by atoms with E-state index in [1.807, 2.05) is 6.07 Å². The highest BCUT2D eigenvalue weighted by molar-refractivity contribution is 5.92. The minimum absolute atomic E-state index is 0.0404. The molecule has 33 heavy (non-hydrogen) atoms. The number of nitrogens with one attached hydrogen (secondary N) is 1. The summed E-state index contributed by atoms with van der Waals surface area (Å²) in [4.78, 5) is 25.1. The molecule has 2 aromatic rings. The van der Waals surface area contributed by atoms with Crippen molar-refractivity contribution in [1.82, 2.24) is 5.32 Å². The maximum Gasteiger partial charge on any atom is 0.586 e. The Bertz CT molecular complexity index is 1100. The van der Waals surface area contributed by atoms with Crippen molar-refractivity contribution in [1.29, 1.82) is 0 Å². The van der Waals surface area contributed by atoms with Crippen LogP contribution in [-0.2, 0) is 19.7 Å². The third-order valence-electron chi connectivity index (χ3n) is 6.44. The lowest BCUT2D eigenvalue weighted by Gasteiger charge is -2.31. The van der Waals surface area contributed by atoms with Gasteiger partial charge in [-0.25, -0.2) is 4.79 Å². The third-order valence-corrected chi connectivity index (χ3v) is 6.44. The maximum absolute atomic E-state index is 13.4. The Labute approximate surface area is 189 Å². The van der Waals surface area contributed by atoms with E-state index in [9.17, 15) is 18.4 Å². The molecule has 7 nitrogen and oxygen atoms in total. The molecule has 1 amide bonds. The Balaban J connectivity index is 1.27. The normalized spacial score (nSPS) is 24.1. The standard InChI is InChI=1S/C24H23F2NO6/c1-30-21(28)15-4-2-3-14(11-15)19-13-17(7-10-31-19)27-22(29)23(8-9-23)16-5-6-18-20(12-16)33-24(25,26)32-18/h2-6,11-12,17,19H,7-10,13H2,1H3,(H,27,29)/t17-,19+/m1/s1. The van der Waals surface area contributed by atoms with Crippen molar-refractivity contribution in [3.8, 4) is 11.5 Å². The lowest BCUT2D eigenvalue weighted by Crippen LogP contribution is -2.44. The van der Waals surface area contributed by atoms with Gasteiger partial charge in [0.05, 0.1) is 24.2 Å². The molecule has 0 radical (unpaired) electrons. The van der Waals surface area contributed by atoms with Crippen molar-refractivity contribution < 1.29 is 37.3 Å². The molecule has 1 N–H and O–H groups in total. The Morgan fingerprint density at radius 1 is 1.09 bits per heavy atom. The molecule has 1 saturated carbocycles. The number of rotatable bonds is 5. The van der Waals surface area contributed by atoms with Gasteiger partial charge in [0.2, 0.25) is 5.91 Å². The van der Waals surface area contributed by atoms with E-state index in [0.717, 1.165) is 5.56 Å². The first-order valence-corrected chi connectivity index (χ1v) is 10.8. The molecule has 0 aromatic heterocycles. The van der Waals surface area contributed by atoms with E-state index in [-0.39, 0.29) is 29.6 Å². The van der Waals surface area contributed by atoms with E-state index in [1.165, 1.54) is 19.2 Å². The van der Waals surface area contributed by atoms with Crippen LogP contribution in [0.3, 0.4) is 0 Å². The Morgan fingerprint density at radius 2 is 1.88 bits per heavy atom. The van der Waals surface area contributed by atoms with E-state index >= 15 is 0 Å². The van der Waals surface area contributed by atoms with Gasteiger partial charge in [-0.1, -0.05) is 18.2 Å². The predicted octanol–water partition coefficient (Wildman–Crippen LogP) is 3.86. The van der Waals surface area contributed by atoms with Crippen LogP contribution in [-0.4, -0.2) is 37.9 Å². The van der Waals surface area contributed by atoms with Gasteiger partial charge in [-0.05, 0) is 61.1 Å². The van der Waals surface area contributed by atoms with Gasteiger partial charge in [0.1, 0.15) is 0 Å². The number of alkyl halides is 2. The zero-order valence-electron chi connectivity index (χ0n) is 17.9. The monoisotopic (exact) mass is 459 g/mol. The van der Waals surface area contributed by atoms with Crippen molar-refractivity contribution in [2.24, 2.45) is 0 Å². The first-order chi connectivity index (χ1) is 15.8. The molecule has 0 bridgehead atoms. The molecule has 9 heteroatoms. The highest BCUT2D eigenvalue weighted by Gasteiger charge is 2.53. The average Bonchev–Trinajstić information content (AvgIpc) is 3.56. The average molecular weight is 459 g/mol. The van der Waals surface area contributed by atoms with Crippen LogP contribution in [0.15, 0.2) is 42.5 Å². The molecule has 1 saturated heterocycles. The number of benzene rings is 2. The van der Waals surface area contributed by atoms with Crippen molar-refractivity contribution in [3.05, 3.63) is 59.2 Å². The van der Waals surface area contributed by atoms with Crippen molar-refractivity contribution in [2.75, 3.05) is 13.7 Å². The highest BCUT2D eigenvalue weighted by Crippen LogP contribution is 2.52. The van der Waals surface area contributed by atoms with Gasteiger partial charge in [-0.3, -0.25) is 4.79 Å². The first kappa shape index (κ1) is 21.6. The molecule has 3 aliphatic rings. The zero-order chi connectivity index (χ0) is 23.2. The van der Waals surface area contributed by atoms with E-state index in [2.05, 4.69) is 14.8 Å².